The molecule has 0 saturated carbocycles. The van der Waals surface area contributed by atoms with Crippen LogP contribution in [-0.2, 0) is 0 Å². The number of hydrogen-bond acceptors (Lipinski definition) is 4. The smallest absolute Gasteiger partial charge is 0.321 e. The lowest BCUT2D eigenvalue weighted by atomic mass is 10.2. The summed E-state index contributed by atoms with van der Waals surface area (Å²) < 4.78 is 20.7. The number of aromatic nitrogens is 3. The first-order chi connectivity index (χ1) is 14.2. The summed E-state index contributed by atoms with van der Waals surface area (Å²) in [6.45, 7) is 1.12. The van der Waals surface area contributed by atoms with Crippen LogP contribution in [0.1, 0.15) is 12.5 Å². The van der Waals surface area contributed by atoms with E-state index in [1.165, 1.54) is 12.1 Å². The zero-order chi connectivity index (χ0) is 19.8. The van der Waals surface area contributed by atoms with Gasteiger partial charge in [0.2, 0.25) is 0 Å². The Kier molecular flexibility index (Phi) is 4.23. The Morgan fingerprint density at radius 3 is 2.83 bits per heavy atom. The zero-order valence-corrected chi connectivity index (χ0v) is 15.5. The molecule has 1 unspecified atom stereocenters. The van der Waals surface area contributed by atoms with E-state index in [0.717, 1.165) is 17.6 Å². The number of amides is 2. The molecular weight excluding hydrogens is 373 g/mol. The average molecular weight is 391 g/mol. The topological polar surface area (TPSA) is 76.2 Å². The van der Waals surface area contributed by atoms with Crippen molar-refractivity contribution in [2.75, 3.05) is 18.4 Å². The van der Waals surface area contributed by atoms with E-state index in [0.29, 0.717) is 30.4 Å². The normalized spacial score (nSPS) is 16.4. The minimum Gasteiger partial charge on any atom is -0.461 e. The second kappa shape index (κ2) is 7.05. The lowest BCUT2D eigenvalue weighted by Gasteiger charge is -2.19. The summed E-state index contributed by atoms with van der Waals surface area (Å²) in [6, 6.07) is 13.0. The van der Waals surface area contributed by atoms with Gasteiger partial charge in [-0.25, -0.2) is 19.2 Å². The maximum atomic E-state index is 13.1. The van der Waals surface area contributed by atoms with Gasteiger partial charge in [0, 0.05) is 25.0 Å². The molecule has 4 aromatic rings. The molecule has 7 nitrogen and oxygen atoms in total. The number of likely N-dealkylation sites (tertiary alicyclic amines) is 1. The van der Waals surface area contributed by atoms with Crippen molar-refractivity contribution in [2.45, 2.75) is 12.5 Å². The molecule has 1 atom stereocenters. The van der Waals surface area contributed by atoms with Gasteiger partial charge in [0.1, 0.15) is 11.3 Å². The Labute approximate surface area is 165 Å². The molecule has 29 heavy (non-hydrogen) atoms. The van der Waals surface area contributed by atoms with Crippen LogP contribution >= 0.6 is 0 Å². The van der Waals surface area contributed by atoms with Crippen LogP contribution in [0.3, 0.4) is 0 Å². The Balaban J connectivity index is 1.41. The highest BCUT2D eigenvalue weighted by Crippen LogP contribution is 2.32. The van der Waals surface area contributed by atoms with Gasteiger partial charge in [0.15, 0.2) is 17.2 Å². The molecule has 1 fully saturated rings. The van der Waals surface area contributed by atoms with E-state index in [1.807, 2.05) is 24.3 Å². The molecule has 4 heterocycles. The highest BCUT2D eigenvalue weighted by molar-refractivity contribution is 5.89. The van der Waals surface area contributed by atoms with Gasteiger partial charge < -0.3 is 19.2 Å². The van der Waals surface area contributed by atoms with E-state index in [4.69, 9.17) is 9.40 Å². The maximum absolute atomic E-state index is 13.1. The Hall–Kier alpha value is -3.68. The van der Waals surface area contributed by atoms with Crippen molar-refractivity contribution in [2.24, 2.45) is 0 Å². The molecule has 2 amide bonds. The number of furan rings is 1. The van der Waals surface area contributed by atoms with Crippen molar-refractivity contribution in [1.29, 1.82) is 0 Å². The van der Waals surface area contributed by atoms with Crippen molar-refractivity contribution in [3.8, 4) is 11.6 Å². The number of nitrogens with one attached hydrogen (secondary N) is 1. The predicted molar refractivity (Wildman–Crippen MR) is 106 cm³/mol. The molecule has 0 bridgehead atoms. The number of benzene rings is 1. The molecule has 0 spiro atoms. The first-order valence-electron chi connectivity index (χ1n) is 9.37. The van der Waals surface area contributed by atoms with Crippen LogP contribution in [0.15, 0.2) is 65.4 Å². The van der Waals surface area contributed by atoms with Crippen molar-refractivity contribution >= 4 is 22.9 Å². The van der Waals surface area contributed by atoms with Crippen molar-refractivity contribution in [3.63, 3.8) is 0 Å². The molecule has 1 aromatic carbocycles. The van der Waals surface area contributed by atoms with E-state index in [-0.39, 0.29) is 17.9 Å². The minimum absolute atomic E-state index is 0.0222. The SMILES string of the molecule is O=C(Nc1ccc(F)cc1)N1CCC(n2c(-c3ccco3)nc3cccnc32)C1. The fourth-order valence-corrected chi connectivity index (χ4v) is 3.73. The molecule has 1 N–H and O–H groups in total. The van der Waals surface area contributed by atoms with E-state index >= 15 is 0 Å². The number of anilines is 1. The number of halogens is 1. The molecule has 146 valence electrons. The zero-order valence-electron chi connectivity index (χ0n) is 15.5. The fraction of sp³-hybridized carbons (Fsp3) is 0.190. The van der Waals surface area contributed by atoms with Crippen LogP contribution in [0.5, 0.6) is 0 Å². The largest absolute Gasteiger partial charge is 0.461 e. The fourth-order valence-electron chi connectivity index (χ4n) is 3.73. The molecule has 0 radical (unpaired) electrons. The van der Waals surface area contributed by atoms with Gasteiger partial charge >= 0.3 is 6.03 Å². The van der Waals surface area contributed by atoms with E-state index in [1.54, 1.807) is 29.5 Å². The summed E-state index contributed by atoms with van der Waals surface area (Å²) >= 11 is 0. The summed E-state index contributed by atoms with van der Waals surface area (Å²) in [5.41, 5.74) is 2.11. The number of nitrogens with zero attached hydrogens (tertiary/aromatic N) is 4. The van der Waals surface area contributed by atoms with Crippen LogP contribution < -0.4 is 5.32 Å². The third-order valence-electron chi connectivity index (χ3n) is 5.10. The number of imidazole rings is 1. The third kappa shape index (κ3) is 3.22. The first-order valence-corrected chi connectivity index (χ1v) is 9.37. The van der Waals surface area contributed by atoms with Crippen LogP contribution in [0.4, 0.5) is 14.9 Å². The first kappa shape index (κ1) is 17.4. The van der Waals surface area contributed by atoms with Crippen molar-refractivity contribution in [1.82, 2.24) is 19.4 Å². The number of hydrogen-bond donors (Lipinski definition) is 1. The van der Waals surface area contributed by atoms with Gasteiger partial charge in [0.25, 0.3) is 0 Å². The van der Waals surface area contributed by atoms with Gasteiger partial charge in [-0.15, -0.1) is 0 Å². The van der Waals surface area contributed by atoms with Crippen molar-refractivity contribution in [3.05, 3.63) is 66.8 Å². The number of urea groups is 1. The average Bonchev–Trinajstić information content (AvgIpc) is 3.48. The maximum Gasteiger partial charge on any atom is 0.321 e. The molecule has 1 aliphatic heterocycles. The van der Waals surface area contributed by atoms with Crippen LogP contribution in [0.2, 0.25) is 0 Å². The Morgan fingerprint density at radius 1 is 1.17 bits per heavy atom. The number of carbonyl (C=O) groups excluding carboxylic acids is 1. The third-order valence-corrected chi connectivity index (χ3v) is 5.10. The van der Waals surface area contributed by atoms with E-state index in [9.17, 15) is 9.18 Å². The number of pyridine rings is 1. The number of fused-ring (bicyclic) bond motifs is 1. The Morgan fingerprint density at radius 2 is 2.03 bits per heavy atom. The Bertz CT molecular complexity index is 1150. The molecule has 5 rings (SSSR count). The quantitative estimate of drug-likeness (QED) is 0.565. The summed E-state index contributed by atoms with van der Waals surface area (Å²) in [5, 5.41) is 2.82. The second-order valence-corrected chi connectivity index (χ2v) is 6.95. The van der Waals surface area contributed by atoms with Gasteiger partial charge in [-0.2, -0.15) is 0 Å². The van der Waals surface area contributed by atoms with Gasteiger partial charge in [-0.05, 0) is 55.0 Å². The van der Waals surface area contributed by atoms with Gasteiger partial charge in [0.05, 0.1) is 12.3 Å². The standard InChI is InChI=1S/C21H18FN5O2/c22-14-5-7-15(8-6-14)24-21(28)26-11-9-16(13-26)27-19-17(3-1-10-23-19)25-20(27)18-4-2-12-29-18/h1-8,10,12,16H,9,11,13H2,(H,24,28). The molecular formula is C21H18FN5O2. The predicted octanol–water partition coefficient (Wildman–Crippen LogP) is 4.31. The van der Waals surface area contributed by atoms with Crippen LogP contribution in [0.25, 0.3) is 22.7 Å². The monoisotopic (exact) mass is 391 g/mol. The van der Waals surface area contributed by atoms with E-state index in [2.05, 4.69) is 14.9 Å². The summed E-state index contributed by atoms with van der Waals surface area (Å²) in [7, 11) is 0. The summed E-state index contributed by atoms with van der Waals surface area (Å²) in [4.78, 5) is 23.6. The van der Waals surface area contributed by atoms with E-state index < -0.39 is 0 Å². The lowest BCUT2D eigenvalue weighted by molar-refractivity contribution is 0.221. The summed E-state index contributed by atoms with van der Waals surface area (Å²) in [5.74, 6) is 1.03. The van der Waals surface area contributed by atoms with Crippen LogP contribution in [-0.4, -0.2) is 38.6 Å². The number of carbonyl (C=O) groups is 1. The molecule has 1 saturated heterocycles. The van der Waals surface area contributed by atoms with Crippen LogP contribution in [0, 0.1) is 5.82 Å². The molecule has 8 heteroatoms. The summed E-state index contributed by atoms with van der Waals surface area (Å²) in [6.07, 6.45) is 4.12. The highest BCUT2D eigenvalue weighted by atomic mass is 19.1. The molecule has 0 aliphatic carbocycles. The molecule has 1 aliphatic rings. The highest BCUT2D eigenvalue weighted by Gasteiger charge is 2.31. The lowest BCUT2D eigenvalue weighted by Crippen LogP contribution is -2.33. The minimum atomic E-state index is -0.339. The van der Waals surface area contributed by atoms with Crippen molar-refractivity contribution < 1.29 is 13.6 Å². The number of rotatable bonds is 3. The van der Waals surface area contributed by atoms with Gasteiger partial charge in [-0.1, -0.05) is 0 Å². The van der Waals surface area contributed by atoms with Gasteiger partial charge in [-0.3, -0.25) is 0 Å². The second-order valence-electron chi connectivity index (χ2n) is 6.95. The molecule has 3 aromatic heterocycles.